The highest BCUT2D eigenvalue weighted by atomic mass is 32.2. The van der Waals surface area contributed by atoms with Crippen molar-refractivity contribution < 1.29 is 13.0 Å². The average Bonchev–Trinajstić information content (AvgIpc) is 2.08. The molecule has 0 heterocycles. The molecule has 0 fully saturated rings. The standard InChI is InChI=1S/C10H23NO3S/c1-3-4-5-6-7-8-9-10(2)11-15(12,13)14/h10-11H,3-9H2,1-2H3,(H,12,13,14). The van der Waals surface area contributed by atoms with Crippen molar-refractivity contribution in [1.29, 1.82) is 0 Å². The molecule has 0 radical (unpaired) electrons. The molecule has 0 saturated heterocycles. The van der Waals surface area contributed by atoms with Crippen LogP contribution in [0.4, 0.5) is 0 Å². The zero-order valence-corrected chi connectivity index (χ0v) is 10.5. The van der Waals surface area contributed by atoms with Crippen LogP contribution in [0.25, 0.3) is 0 Å². The lowest BCUT2D eigenvalue weighted by Gasteiger charge is -2.10. The molecule has 0 aliphatic carbocycles. The minimum absolute atomic E-state index is 0.175. The van der Waals surface area contributed by atoms with Crippen molar-refractivity contribution >= 4 is 10.3 Å². The molecule has 0 saturated carbocycles. The molecule has 2 N–H and O–H groups in total. The van der Waals surface area contributed by atoms with Gasteiger partial charge < -0.3 is 0 Å². The number of hydrogen-bond acceptors (Lipinski definition) is 2. The van der Waals surface area contributed by atoms with Crippen LogP contribution < -0.4 is 4.72 Å². The Morgan fingerprint density at radius 1 is 1.13 bits per heavy atom. The Bertz CT molecular complexity index is 239. The molecular formula is C10H23NO3S. The molecule has 0 aromatic carbocycles. The Morgan fingerprint density at radius 2 is 1.67 bits per heavy atom. The Kier molecular flexibility index (Phi) is 8.00. The predicted molar refractivity (Wildman–Crippen MR) is 62.1 cm³/mol. The van der Waals surface area contributed by atoms with Crippen molar-refractivity contribution in [3.05, 3.63) is 0 Å². The van der Waals surface area contributed by atoms with E-state index in [4.69, 9.17) is 4.55 Å². The van der Waals surface area contributed by atoms with Crippen molar-refractivity contribution in [2.24, 2.45) is 0 Å². The van der Waals surface area contributed by atoms with Crippen molar-refractivity contribution in [2.45, 2.75) is 64.8 Å². The van der Waals surface area contributed by atoms with Crippen molar-refractivity contribution in [3.63, 3.8) is 0 Å². The number of nitrogens with one attached hydrogen (secondary N) is 1. The van der Waals surface area contributed by atoms with Crippen LogP contribution in [0.1, 0.15) is 58.8 Å². The molecule has 1 atom stereocenters. The van der Waals surface area contributed by atoms with Crippen molar-refractivity contribution in [1.82, 2.24) is 4.72 Å². The second-order valence-corrected chi connectivity index (χ2v) is 5.24. The highest BCUT2D eigenvalue weighted by molar-refractivity contribution is 7.83. The van der Waals surface area contributed by atoms with Gasteiger partial charge >= 0.3 is 10.3 Å². The molecule has 0 spiro atoms. The largest absolute Gasteiger partial charge is 0.333 e. The summed E-state index contributed by atoms with van der Waals surface area (Å²) in [7, 11) is -4.02. The summed E-state index contributed by atoms with van der Waals surface area (Å²) in [5.74, 6) is 0. The van der Waals surface area contributed by atoms with Gasteiger partial charge in [0.15, 0.2) is 0 Å². The summed E-state index contributed by atoms with van der Waals surface area (Å²) in [5, 5.41) is 0. The highest BCUT2D eigenvalue weighted by Gasteiger charge is 2.09. The first kappa shape index (κ1) is 14.9. The number of rotatable bonds is 9. The first-order valence-corrected chi connectivity index (χ1v) is 7.14. The molecule has 0 bridgehead atoms. The van der Waals surface area contributed by atoms with Gasteiger partial charge in [0.25, 0.3) is 0 Å². The highest BCUT2D eigenvalue weighted by Crippen LogP contribution is 2.08. The summed E-state index contributed by atoms with van der Waals surface area (Å²) in [5.41, 5.74) is 0. The predicted octanol–water partition coefficient (Wildman–Crippen LogP) is 2.52. The second-order valence-electron chi connectivity index (χ2n) is 4.05. The van der Waals surface area contributed by atoms with Gasteiger partial charge in [0.05, 0.1) is 0 Å². The van der Waals surface area contributed by atoms with Crippen LogP contribution in [0, 0.1) is 0 Å². The SMILES string of the molecule is CCCCCCCCC(C)NS(=O)(=O)O. The van der Waals surface area contributed by atoms with Gasteiger partial charge in [-0.2, -0.15) is 13.1 Å². The first-order chi connectivity index (χ1) is 6.95. The lowest BCUT2D eigenvalue weighted by atomic mass is 10.1. The molecule has 0 aliphatic heterocycles. The zero-order valence-electron chi connectivity index (χ0n) is 9.70. The van der Waals surface area contributed by atoms with Gasteiger partial charge in [0.1, 0.15) is 0 Å². The van der Waals surface area contributed by atoms with Crippen LogP contribution in [0.15, 0.2) is 0 Å². The summed E-state index contributed by atoms with van der Waals surface area (Å²) in [6.45, 7) is 3.94. The maximum atomic E-state index is 10.5. The first-order valence-electron chi connectivity index (χ1n) is 5.70. The molecule has 5 heteroatoms. The number of unbranched alkanes of at least 4 members (excludes halogenated alkanes) is 5. The van der Waals surface area contributed by atoms with Gasteiger partial charge in [-0.3, -0.25) is 4.55 Å². The smallest absolute Gasteiger partial charge is 0.273 e. The quantitative estimate of drug-likeness (QED) is 0.478. The van der Waals surface area contributed by atoms with E-state index in [2.05, 4.69) is 11.6 Å². The van der Waals surface area contributed by atoms with E-state index >= 15 is 0 Å². The monoisotopic (exact) mass is 237 g/mol. The van der Waals surface area contributed by atoms with Gasteiger partial charge in [-0.05, 0) is 13.3 Å². The Morgan fingerprint density at radius 3 is 2.20 bits per heavy atom. The third-order valence-corrected chi connectivity index (χ3v) is 3.04. The fraction of sp³-hybridized carbons (Fsp3) is 1.00. The van der Waals surface area contributed by atoms with Crippen molar-refractivity contribution in [3.8, 4) is 0 Å². The van der Waals surface area contributed by atoms with E-state index in [1.54, 1.807) is 6.92 Å². The Hall–Kier alpha value is -0.130. The van der Waals surface area contributed by atoms with E-state index < -0.39 is 10.3 Å². The van der Waals surface area contributed by atoms with E-state index in [0.717, 1.165) is 19.3 Å². The van der Waals surface area contributed by atoms with Crippen LogP contribution >= 0.6 is 0 Å². The van der Waals surface area contributed by atoms with E-state index in [9.17, 15) is 8.42 Å². The summed E-state index contributed by atoms with van der Waals surface area (Å²) in [6.07, 6.45) is 7.92. The Labute approximate surface area is 93.3 Å². The molecule has 4 nitrogen and oxygen atoms in total. The third kappa shape index (κ3) is 11.8. The van der Waals surface area contributed by atoms with Crippen LogP contribution in [0.3, 0.4) is 0 Å². The molecule has 0 aromatic heterocycles. The van der Waals surface area contributed by atoms with Crippen molar-refractivity contribution in [2.75, 3.05) is 0 Å². The molecular weight excluding hydrogens is 214 g/mol. The molecule has 0 aromatic rings. The second kappa shape index (κ2) is 8.07. The molecule has 0 rings (SSSR count). The van der Waals surface area contributed by atoms with Gasteiger partial charge in [-0.25, -0.2) is 0 Å². The maximum absolute atomic E-state index is 10.5. The summed E-state index contributed by atoms with van der Waals surface area (Å²) < 4.78 is 31.6. The van der Waals surface area contributed by atoms with E-state index in [0.29, 0.717) is 0 Å². The molecule has 0 aliphatic rings. The fourth-order valence-corrected chi connectivity index (χ4v) is 2.17. The average molecular weight is 237 g/mol. The normalized spacial score (nSPS) is 14.1. The van der Waals surface area contributed by atoms with E-state index in [1.165, 1.54) is 25.7 Å². The molecule has 15 heavy (non-hydrogen) atoms. The summed E-state index contributed by atoms with van der Waals surface area (Å²) in [4.78, 5) is 0. The summed E-state index contributed by atoms with van der Waals surface area (Å²) in [6, 6.07) is -0.175. The van der Waals surface area contributed by atoms with Gasteiger partial charge in [0, 0.05) is 6.04 Å². The summed E-state index contributed by atoms with van der Waals surface area (Å²) >= 11 is 0. The third-order valence-electron chi connectivity index (χ3n) is 2.34. The van der Waals surface area contributed by atoms with Crippen LogP contribution in [0.2, 0.25) is 0 Å². The minimum Gasteiger partial charge on any atom is -0.273 e. The fourth-order valence-electron chi connectivity index (χ4n) is 1.54. The van der Waals surface area contributed by atoms with E-state index in [1.807, 2.05) is 0 Å². The zero-order chi connectivity index (χ0) is 11.7. The van der Waals surface area contributed by atoms with E-state index in [-0.39, 0.29) is 6.04 Å². The van der Waals surface area contributed by atoms with Gasteiger partial charge in [0.2, 0.25) is 0 Å². The Balaban J connectivity index is 3.36. The van der Waals surface area contributed by atoms with Crippen LogP contribution in [-0.2, 0) is 10.3 Å². The maximum Gasteiger partial charge on any atom is 0.333 e. The lowest BCUT2D eigenvalue weighted by molar-refractivity contribution is 0.445. The lowest BCUT2D eigenvalue weighted by Crippen LogP contribution is -2.31. The number of hydrogen-bond donors (Lipinski definition) is 2. The van der Waals surface area contributed by atoms with Gasteiger partial charge in [-0.15, -0.1) is 0 Å². The molecule has 1 unspecified atom stereocenters. The van der Waals surface area contributed by atoms with Gasteiger partial charge in [-0.1, -0.05) is 45.4 Å². The topological polar surface area (TPSA) is 66.4 Å². The van der Waals surface area contributed by atoms with Crippen LogP contribution in [-0.4, -0.2) is 19.0 Å². The minimum atomic E-state index is -4.02. The molecule has 0 amide bonds. The molecule has 92 valence electrons. The van der Waals surface area contributed by atoms with Crippen LogP contribution in [0.5, 0.6) is 0 Å².